The van der Waals surface area contributed by atoms with E-state index >= 15 is 0 Å². The van der Waals surface area contributed by atoms with Crippen LogP contribution < -0.4 is 0 Å². The highest BCUT2D eigenvalue weighted by molar-refractivity contribution is 5.40. The van der Waals surface area contributed by atoms with Gasteiger partial charge in [-0.25, -0.2) is 0 Å². The first-order valence-corrected chi connectivity index (χ1v) is 6.72. The Morgan fingerprint density at radius 3 is 2.82 bits per heavy atom. The van der Waals surface area contributed by atoms with Gasteiger partial charge in [0.2, 0.25) is 0 Å². The summed E-state index contributed by atoms with van der Waals surface area (Å²) in [5.41, 5.74) is 2.80. The average molecular weight is 231 g/mol. The van der Waals surface area contributed by atoms with Crippen LogP contribution in [0.2, 0.25) is 0 Å². The Morgan fingerprint density at radius 2 is 2.12 bits per heavy atom. The minimum Gasteiger partial charge on any atom is -0.508 e. The topological polar surface area (TPSA) is 23.5 Å². The minimum absolute atomic E-state index is 0.409. The predicted octanol–water partition coefficient (Wildman–Crippen LogP) is 3.11. The number of phenols is 1. The number of aryl methyl sites for hydroxylation is 1. The highest BCUT2D eigenvalue weighted by Crippen LogP contribution is 2.41. The molecule has 0 saturated carbocycles. The van der Waals surface area contributed by atoms with E-state index in [1.54, 1.807) is 0 Å². The summed E-state index contributed by atoms with van der Waals surface area (Å²) in [5.74, 6) is 1.23. The summed E-state index contributed by atoms with van der Waals surface area (Å²) < 4.78 is 0. The molecule has 3 rings (SSSR count). The molecule has 3 atom stereocenters. The van der Waals surface area contributed by atoms with Gasteiger partial charge in [0.1, 0.15) is 5.75 Å². The van der Waals surface area contributed by atoms with E-state index in [0.717, 1.165) is 12.3 Å². The van der Waals surface area contributed by atoms with Gasteiger partial charge in [0, 0.05) is 18.6 Å². The van der Waals surface area contributed by atoms with Crippen LogP contribution in [0.1, 0.15) is 43.9 Å². The maximum Gasteiger partial charge on any atom is 0.115 e. The molecule has 0 bridgehead atoms. The second-order valence-electron chi connectivity index (χ2n) is 5.82. The Balaban J connectivity index is 1.88. The average Bonchev–Trinajstić information content (AvgIpc) is 2.81. The monoisotopic (exact) mass is 231 g/mol. The second-order valence-corrected chi connectivity index (χ2v) is 5.82. The van der Waals surface area contributed by atoms with Crippen LogP contribution in [0.25, 0.3) is 0 Å². The largest absolute Gasteiger partial charge is 0.508 e. The lowest BCUT2D eigenvalue weighted by Crippen LogP contribution is -2.30. The molecule has 1 aromatic rings. The van der Waals surface area contributed by atoms with E-state index in [9.17, 15) is 5.11 Å². The summed E-state index contributed by atoms with van der Waals surface area (Å²) in [7, 11) is 0. The molecule has 1 N–H and O–H groups in total. The Hall–Kier alpha value is -1.02. The lowest BCUT2D eigenvalue weighted by Gasteiger charge is -2.29. The Morgan fingerprint density at radius 1 is 1.29 bits per heavy atom. The number of hydrogen-bond donors (Lipinski definition) is 1. The molecule has 92 valence electrons. The van der Waals surface area contributed by atoms with Gasteiger partial charge in [-0.1, -0.05) is 13.0 Å². The van der Waals surface area contributed by atoms with Crippen molar-refractivity contribution in [1.82, 2.24) is 4.90 Å². The first kappa shape index (κ1) is 11.1. The Bertz CT molecular complexity index is 429. The number of benzene rings is 1. The van der Waals surface area contributed by atoms with Crippen LogP contribution in [0.5, 0.6) is 5.75 Å². The molecule has 1 aliphatic carbocycles. The number of nitrogens with zero attached hydrogens (tertiary/aromatic N) is 1. The van der Waals surface area contributed by atoms with Gasteiger partial charge < -0.3 is 5.11 Å². The van der Waals surface area contributed by atoms with Crippen LogP contribution in [0.15, 0.2) is 18.2 Å². The quantitative estimate of drug-likeness (QED) is 0.802. The molecule has 1 fully saturated rings. The summed E-state index contributed by atoms with van der Waals surface area (Å²) in [6.07, 6.45) is 3.66. The van der Waals surface area contributed by atoms with Gasteiger partial charge in [0.15, 0.2) is 0 Å². The fraction of sp³-hybridized carbons (Fsp3) is 0.600. The molecule has 0 aromatic heterocycles. The van der Waals surface area contributed by atoms with Crippen LogP contribution in [-0.2, 0) is 6.42 Å². The lowest BCUT2D eigenvalue weighted by atomic mass is 10.1. The normalized spacial score (nSPS) is 32.9. The van der Waals surface area contributed by atoms with Crippen molar-refractivity contribution in [2.24, 2.45) is 5.92 Å². The zero-order valence-electron chi connectivity index (χ0n) is 10.7. The summed E-state index contributed by atoms with van der Waals surface area (Å²) >= 11 is 0. The molecular formula is C15H21NO. The fourth-order valence-electron chi connectivity index (χ4n) is 3.69. The van der Waals surface area contributed by atoms with Gasteiger partial charge in [-0.05, 0) is 55.4 Å². The van der Waals surface area contributed by atoms with Crippen molar-refractivity contribution in [3.05, 3.63) is 29.3 Å². The molecule has 1 aliphatic heterocycles. The Labute approximate surface area is 103 Å². The van der Waals surface area contributed by atoms with Crippen molar-refractivity contribution in [3.8, 4) is 5.75 Å². The van der Waals surface area contributed by atoms with Crippen LogP contribution in [-0.4, -0.2) is 22.6 Å². The third-order valence-corrected chi connectivity index (χ3v) is 4.41. The van der Waals surface area contributed by atoms with Crippen LogP contribution >= 0.6 is 0 Å². The zero-order chi connectivity index (χ0) is 12.0. The molecule has 2 aliphatic rings. The summed E-state index contributed by atoms with van der Waals surface area (Å²) in [5, 5.41) is 9.53. The van der Waals surface area contributed by atoms with Crippen molar-refractivity contribution in [2.75, 3.05) is 6.54 Å². The van der Waals surface area contributed by atoms with E-state index in [1.165, 1.54) is 30.5 Å². The smallest absolute Gasteiger partial charge is 0.115 e. The highest BCUT2D eigenvalue weighted by atomic mass is 16.3. The van der Waals surface area contributed by atoms with Gasteiger partial charge in [0.05, 0.1) is 0 Å². The third-order valence-electron chi connectivity index (χ3n) is 4.41. The molecule has 0 amide bonds. The summed E-state index contributed by atoms with van der Waals surface area (Å²) in [6.45, 7) is 5.93. The van der Waals surface area contributed by atoms with E-state index < -0.39 is 0 Å². The maximum atomic E-state index is 9.53. The Kier molecular flexibility index (Phi) is 2.62. The van der Waals surface area contributed by atoms with Gasteiger partial charge in [-0.3, -0.25) is 4.90 Å². The molecule has 1 heterocycles. The van der Waals surface area contributed by atoms with Crippen molar-refractivity contribution in [3.63, 3.8) is 0 Å². The maximum absolute atomic E-state index is 9.53. The number of fused-ring (bicyclic) bond motifs is 1. The van der Waals surface area contributed by atoms with E-state index in [1.807, 2.05) is 12.1 Å². The van der Waals surface area contributed by atoms with Crippen molar-refractivity contribution in [2.45, 2.75) is 45.2 Å². The molecule has 1 saturated heterocycles. The van der Waals surface area contributed by atoms with Crippen molar-refractivity contribution in [1.29, 1.82) is 0 Å². The number of likely N-dealkylation sites (tertiary alicyclic amines) is 1. The van der Waals surface area contributed by atoms with Crippen molar-refractivity contribution >= 4 is 0 Å². The van der Waals surface area contributed by atoms with Gasteiger partial charge in [-0.15, -0.1) is 0 Å². The SMILES string of the molecule is CC1CC(C)N(C2CCc3cc(O)ccc32)C1. The van der Waals surface area contributed by atoms with E-state index in [-0.39, 0.29) is 0 Å². The van der Waals surface area contributed by atoms with Crippen molar-refractivity contribution < 1.29 is 5.11 Å². The number of rotatable bonds is 1. The molecule has 1 aromatic carbocycles. The van der Waals surface area contributed by atoms with Gasteiger partial charge in [-0.2, -0.15) is 0 Å². The first-order chi connectivity index (χ1) is 8.15. The minimum atomic E-state index is 0.409. The standard InChI is InChI=1S/C15H21NO/c1-10-7-11(2)16(9-10)15-6-3-12-8-13(17)4-5-14(12)15/h4-5,8,10-11,15,17H,3,6-7,9H2,1-2H3. The summed E-state index contributed by atoms with van der Waals surface area (Å²) in [4.78, 5) is 2.66. The second kappa shape index (κ2) is 4.02. The molecule has 0 radical (unpaired) electrons. The fourth-order valence-corrected chi connectivity index (χ4v) is 3.69. The first-order valence-electron chi connectivity index (χ1n) is 6.72. The van der Waals surface area contributed by atoms with E-state index in [2.05, 4.69) is 24.8 Å². The number of aromatic hydroxyl groups is 1. The number of hydrogen-bond acceptors (Lipinski definition) is 2. The predicted molar refractivity (Wildman–Crippen MR) is 69.1 cm³/mol. The lowest BCUT2D eigenvalue weighted by molar-refractivity contribution is 0.187. The van der Waals surface area contributed by atoms with Crippen LogP contribution in [0.4, 0.5) is 0 Å². The number of phenolic OH excluding ortho intramolecular Hbond substituents is 1. The third kappa shape index (κ3) is 1.85. The molecular weight excluding hydrogens is 210 g/mol. The highest BCUT2D eigenvalue weighted by Gasteiger charge is 2.35. The van der Waals surface area contributed by atoms with Crippen LogP contribution in [0.3, 0.4) is 0 Å². The summed E-state index contributed by atoms with van der Waals surface area (Å²) in [6, 6.07) is 7.19. The zero-order valence-corrected chi connectivity index (χ0v) is 10.7. The molecule has 17 heavy (non-hydrogen) atoms. The molecule has 3 unspecified atom stereocenters. The van der Waals surface area contributed by atoms with Crippen LogP contribution in [0, 0.1) is 5.92 Å². The molecule has 2 heteroatoms. The van der Waals surface area contributed by atoms with E-state index in [4.69, 9.17) is 0 Å². The van der Waals surface area contributed by atoms with Gasteiger partial charge in [0.25, 0.3) is 0 Å². The molecule has 2 nitrogen and oxygen atoms in total. The van der Waals surface area contributed by atoms with E-state index in [0.29, 0.717) is 17.8 Å². The molecule has 0 spiro atoms. The van der Waals surface area contributed by atoms with Gasteiger partial charge >= 0.3 is 0 Å².